The second-order valence-corrected chi connectivity index (χ2v) is 3.86. The van der Waals surface area contributed by atoms with E-state index in [9.17, 15) is 22.8 Å². The highest BCUT2D eigenvalue weighted by Crippen LogP contribution is 2.32. The lowest BCUT2D eigenvalue weighted by Crippen LogP contribution is -2.17. The molecular formula is C11H6F3N3O4. The maximum absolute atomic E-state index is 13.0. The van der Waals surface area contributed by atoms with E-state index >= 15 is 0 Å². The van der Waals surface area contributed by atoms with Gasteiger partial charge in [-0.1, -0.05) is 11.3 Å². The number of carboxylic acids is 2. The molecule has 0 radical (unpaired) electrons. The van der Waals surface area contributed by atoms with Crippen LogP contribution in [0.5, 0.6) is 0 Å². The monoisotopic (exact) mass is 301 g/mol. The second-order valence-electron chi connectivity index (χ2n) is 3.86. The highest BCUT2D eigenvalue weighted by atomic mass is 19.4. The van der Waals surface area contributed by atoms with Crippen LogP contribution in [-0.2, 0) is 6.18 Å². The van der Waals surface area contributed by atoms with Crippen LogP contribution in [0.2, 0.25) is 0 Å². The van der Waals surface area contributed by atoms with E-state index in [1.165, 1.54) is 12.1 Å². The molecule has 0 aliphatic heterocycles. The molecule has 21 heavy (non-hydrogen) atoms. The fraction of sp³-hybridized carbons (Fsp3) is 0.0909. The van der Waals surface area contributed by atoms with Crippen LogP contribution in [-0.4, -0.2) is 37.1 Å². The number of carboxylic acid groups (broad SMARTS) is 2. The summed E-state index contributed by atoms with van der Waals surface area (Å²) < 4.78 is 39.1. The summed E-state index contributed by atoms with van der Waals surface area (Å²) >= 11 is 0. The lowest BCUT2D eigenvalue weighted by atomic mass is 10.2. The molecule has 0 bridgehead atoms. The maximum atomic E-state index is 13.0. The Morgan fingerprint density at radius 1 is 1.14 bits per heavy atom. The molecule has 2 aromatic rings. The summed E-state index contributed by atoms with van der Waals surface area (Å²) in [6.07, 6.45) is -5.02. The van der Waals surface area contributed by atoms with Crippen molar-refractivity contribution in [2.75, 3.05) is 0 Å². The molecule has 2 rings (SSSR count). The van der Waals surface area contributed by atoms with Gasteiger partial charge in [-0.25, -0.2) is 14.3 Å². The van der Waals surface area contributed by atoms with Crippen molar-refractivity contribution in [2.24, 2.45) is 0 Å². The molecule has 1 aromatic heterocycles. The molecule has 0 atom stereocenters. The zero-order chi connectivity index (χ0) is 15.8. The number of carbonyl (C=O) groups is 2. The largest absolute Gasteiger partial charge is 0.478 e. The van der Waals surface area contributed by atoms with Crippen LogP contribution < -0.4 is 0 Å². The highest BCUT2D eigenvalue weighted by Gasteiger charge is 2.42. The van der Waals surface area contributed by atoms with Crippen LogP contribution in [0.3, 0.4) is 0 Å². The van der Waals surface area contributed by atoms with E-state index in [0.29, 0.717) is 0 Å². The minimum Gasteiger partial charge on any atom is -0.478 e. The molecular weight excluding hydrogens is 295 g/mol. The average Bonchev–Trinajstić information content (AvgIpc) is 2.83. The van der Waals surface area contributed by atoms with Gasteiger partial charge in [-0.05, 0) is 18.2 Å². The molecule has 0 saturated heterocycles. The number of aromatic carboxylic acids is 2. The molecule has 7 nitrogen and oxygen atoms in total. The van der Waals surface area contributed by atoms with Gasteiger partial charge >= 0.3 is 18.1 Å². The lowest BCUT2D eigenvalue weighted by molar-refractivity contribution is -0.143. The van der Waals surface area contributed by atoms with E-state index in [1.54, 1.807) is 0 Å². The fourth-order valence-electron chi connectivity index (χ4n) is 1.63. The third-order valence-electron chi connectivity index (χ3n) is 2.48. The van der Waals surface area contributed by atoms with Crippen molar-refractivity contribution in [3.05, 3.63) is 41.2 Å². The first-order valence-electron chi connectivity index (χ1n) is 5.31. The van der Waals surface area contributed by atoms with Gasteiger partial charge in [0, 0.05) is 0 Å². The molecule has 110 valence electrons. The van der Waals surface area contributed by atoms with Gasteiger partial charge < -0.3 is 10.2 Å². The first-order valence-corrected chi connectivity index (χ1v) is 5.31. The van der Waals surface area contributed by atoms with Crippen molar-refractivity contribution in [2.45, 2.75) is 6.18 Å². The van der Waals surface area contributed by atoms with Gasteiger partial charge in [-0.15, -0.1) is 5.10 Å². The Morgan fingerprint density at radius 3 is 2.33 bits per heavy atom. The van der Waals surface area contributed by atoms with Crippen molar-refractivity contribution in [1.29, 1.82) is 0 Å². The summed E-state index contributed by atoms with van der Waals surface area (Å²) in [6.45, 7) is 0. The van der Waals surface area contributed by atoms with Crippen molar-refractivity contribution in [3.63, 3.8) is 0 Å². The predicted molar refractivity (Wildman–Crippen MR) is 60.3 cm³/mol. The molecule has 0 amide bonds. The average molecular weight is 301 g/mol. The maximum Gasteiger partial charge on any atom is 0.436 e. The molecule has 1 heterocycles. The Labute approximate surface area is 114 Å². The van der Waals surface area contributed by atoms with E-state index in [-0.39, 0.29) is 15.9 Å². The zero-order valence-electron chi connectivity index (χ0n) is 10.00. The second kappa shape index (κ2) is 4.89. The van der Waals surface area contributed by atoms with Crippen LogP contribution in [0.25, 0.3) is 5.69 Å². The Kier molecular flexibility index (Phi) is 3.37. The molecule has 0 spiro atoms. The smallest absolute Gasteiger partial charge is 0.436 e. The summed E-state index contributed by atoms with van der Waals surface area (Å²) in [4.78, 5) is 21.6. The third-order valence-corrected chi connectivity index (χ3v) is 2.48. The Morgan fingerprint density at radius 2 is 1.81 bits per heavy atom. The van der Waals surface area contributed by atoms with Gasteiger partial charge in [0.15, 0.2) is 5.69 Å². The number of benzene rings is 1. The molecule has 2 N–H and O–H groups in total. The molecule has 0 saturated carbocycles. The van der Waals surface area contributed by atoms with E-state index in [4.69, 9.17) is 10.2 Å². The van der Waals surface area contributed by atoms with Crippen LogP contribution in [0.1, 0.15) is 26.5 Å². The molecule has 10 heteroatoms. The Hall–Kier alpha value is -2.91. The van der Waals surface area contributed by atoms with Crippen molar-refractivity contribution >= 4 is 11.9 Å². The van der Waals surface area contributed by atoms with E-state index in [1.807, 2.05) is 0 Å². The summed E-state index contributed by atoms with van der Waals surface area (Å²) in [7, 11) is 0. The summed E-state index contributed by atoms with van der Waals surface area (Å²) in [5.74, 6) is -3.23. The quantitative estimate of drug-likeness (QED) is 0.893. The topological polar surface area (TPSA) is 105 Å². The molecule has 0 aliphatic carbocycles. The van der Waals surface area contributed by atoms with E-state index < -0.39 is 29.5 Å². The van der Waals surface area contributed by atoms with Crippen molar-refractivity contribution < 1.29 is 33.0 Å². The summed E-state index contributed by atoms with van der Waals surface area (Å²) in [5.41, 5.74) is -3.38. The number of aromatic nitrogens is 3. The van der Waals surface area contributed by atoms with Gasteiger partial charge in [0.05, 0.1) is 11.3 Å². The minimum atomic E-state index is -5.02. The van der Waals surface area contributed by atoms with Gasteiger partial charge in [-0.3, -0.25) is 0 Å². The fourth-order valence-corrected chi connectivity index (χ4v) is 1.63. The number of alkyl halides is 3. The number of halogens is 3. The first kappa shape index (κ1) is 14.5. The SMILES string of the molecule is O=C(O)c1cccc(-n2nnc(C(=O)O)c2C(F)(F)F)c1. The minimum absolute atomic E-state index is 0.246. The molecule has 0 unspecified atom stereocenters. The van der Waals surface area contributed by atoms with Gasteiger partial charge in [-0.2, -0.15) is 13.2 Å². The molecule has 1 aromatic carbocycles. The third kappa shape index (κ3) is 2.68. The van der Waals surface area contributed by atoms with Crippen LogP contribution in [0.4, 0.5) is 13.2 Å². The van der Waals surface area contributed by atoms with Crippen LogP contribution >= 0.6 is 0 Å². The van der Waals surface area contributed by atoms with Crippen molar-refractivity contribution in [3.8, 4) is 5.69 Å². The Bertz CT molecular complexity index is 724. The number of nitrogens with zero attached hydrogens (tertiary/aromatic N) is 3. The number of hydrogen-bond donors (Lipinski definition) is 2. The zero-order valence-corrected chi connectivity index (χ0v) is 10.00. The lowest BCUT2D eigenvalue weighted by Gasteiger charge is -2.10. The molecule has 0 fully saturated rings. The van der Waals surface area contributed by atoms with Gasteiger partial charge in [0.25, 0.3) is 0 Å². The summed E-state index contributed by atoms with van der Waals surface area (Å²) in [6, 6.07) is 4.47. The van der Waals surface area contributed by atoms with Crippen LogP contribution in [0, 0.1) is 0 Å². The Balaban J connectivity index is 2.67. The number of rotatable bonds is 3. The molecule has 0 aliphatic rings. The van der Waals surface area contributed by atoms with Crippen LogP contribution in [0.15, 0.2) is 24.3 Å². The predicted octanol–water partition coefficient (Wildman–Crippen LogP) is 1.68. The summed E-state index contributed by atoms with van der Waals surface area (Å²) in [5, 5.41) is 23.7. The van der Waals surface area contributed by atoms with Gasteiger partial charge in [0.1, 0.15) is 0 Å². The van der Waals surface area contributed by atoms with Gasteiger partial charge in [0.2, 0.25) is 5.69 Å². The highest BCUT2D eigenvalue weighted by molar-refractivity contribution is 5.88. The number of hydrogen-bond acceptors (Lipinski definition) is 4. The van der Waals surface area contributed by atoms with E-state index in [2.05, 4.69) is 10.3 Å². The van der Waals surface area contributed by atoms with E-state index in [0.717, 1.165) is 12.1 Å². The standard InChI is InChI=1S/C11H6F3N3O4/c12-11(13,14)8-7(10(20)21)15-16-17(8)6-3-1-2-5(4-6)9(18)19/h1-4H,(H,18,19)(H,20,21). The normalized spacial score (nSPS) is 11.4. The van der Waals surface area contributed by atoms with Crippen molar-refractivity contribution in [1.82, 2.24) is 15.0 Å². The first-order chi connectivity index (χ1) is 9.71.